The van der Waals surface area contributed by atoms with Crippen LogP contribution in [0.25, 0.3) is 0 Å². The molecule has 6 nitrogen and oxygen atoms in total. The topological polar surface area (TPSA) is 83.4 Å². The van der Waals surface area contributed by atoms with Gasteiger partial charge in [0.15, 0.2) is 5.76 Å². The SMILES string of the molecule is CC(NC(=O)NCCNC(=O)c1ccco1)c1cccc(Cl)c1. The molecule has 2 aromatic rings. The Labute approximate surface area is 139 Å². The van der Waals surface area contributed by atoms with E-state index in [2.05, 4.69) is 16.0 Å². The summed E-state index contributed by atoms with van der Waals surface area (Å²) in [6.45, 7) is 2.48. The quantitative estimate of drug-likeness (QED) is 0.710. The summed E-state index contributed by atoms with van der Waals surface area (Å²) in [4.78, 5) is 23.4. The summed E-state index contributed by atoms with van der Waals surface area (Å²) < 4.78 is 4.96. The van der Waals surface area contributed by atoms with Gasteiger partial charge in [-0.3, -0.25) is 4.79 Å². The number of carbonyl (C=O) groups is 2. The molecule has 0 bridgehead atoms. The summed E-state index contributed by atoms with van der Waals surface area (Å²) in [7, 11) is 0. The van der Waals surface area contributed by atoms with Crippen LogP contribution in [-0.2, 0) is 0 Å². The molecule has 3 N–H and O–H groups in total. The molecular weight excluding hydrogens is 318 g/mol. The lowest BCUT2D eigenvalue weighted by molar-refractivity contribution is 0.0926. The normalized spacial score (nSPS) is 11.6. The molecule has 3 amide bonds. The minimum absolute atomic E-state index is 0.175. The van der Waals surface area contributed by atoms with Gasteiger partial charge in [0.05, 0.1) is 12.3 Å². The van der Waals surface area contributed by atoms with Gasteiger partial charge in [0, 0.05) is 18.1 Å². The maximum absolute atomic E-state index is 11.8. The number of hydrogen-bond acceptors (Lipinski definition) is 3. The number of carbonyl (C=O) groups excluding carboxylic acids is 2. The van der Waals surface area contributed by atoms with Crippen LogP contribution in [0.4, 0.5) is 4.79 Å². The summed E-state index contributed by atoms with van der Waals surface area (Å²) in [6, 6.07) is 10.0. The van der Waals surface area contributed by atoms with Crippen molar-refractivity contribution >= 4 is 23.5 Å². The number of furan rings is 1. The summed E-state index contributed by atoms with van der Waals surface area (Å²) in [5.74, 6) is -0.0754. The summed E-state index contributed by atoms with van der Waals surface area (Å²) in [5.41, 5.74) is 0.916. The van der Waals surface area contributed by atoms with Crippen molar-refractivity contribution in [3.63, 3.8) is 0 Å². The molecule has 7 heteroatoms. The fraction of sp³-hybridized carbons (Fsp3) is 0.250. The van der Waals surface area contributed by atoms with Crippen LogP contribution in [0.2, 0.25) is 5.02 Å². The molecule has 1 atom stereocenters. The zero-order valence-corrected chi connectivity index (χ0v) is 13.4. The lowest BCUT2D eigenvalue weighted by Gasteiger charge is -2.15. The van der Waals surface area contributed by atoms with E-state index in [9.17, 15) is 9.59 Å². The lowest BCUT2D eigenvalue weighted by Crippen LogP contribution is -2.41. The summed E-state index contributed by atoms with van der Waals surface area (Å²) in [6.07, 6.45) is 1.43. The molecule has 0 saturated heterocycles. The van der Waals surface area contributed by atoms with Gasteiger partial charge in [0.1, 0.15) is 0 Å². The van der Waals surface area contributed by atoms with E-state index in [1.54, 1.807) is 24.3 Å². The van der Waals surface area contributed by atoms with Gasteiger partial charge in [-0.1, -0.05) is 23.7 Å². The van der Waals surface area contributed by atoms with Crippen molar-refractivity contribution in [3.8, 4) is 0 Å². The molecule has 0 fully saturated rings. The van der Waals surface area contributed by atoms with Gasteiger partial charge in [0.25, 0.3) is 5.91 Å². The third-order valence-corrected chi connectivity index (χ3v) is 3.37. The van der Waals surface area contributed by atoms with Crippen molar-refractivity contribution in [1.82, 2.24) is 16.0 Å². The molecule has 0 saturated carbocycles. The Morgan fingerprint density at radius 2 is 1.96 bits per heavy atom. The van der Waals surface area contributed by atoms with E-state index in [0.29, 0.717) is 18.1 Å². The van der Waals surface area contributed by atoms with Crippen molar-refractivity contribution in [2.45, 2.75) is 13.0 Å². The van der Waals surface area contributed by atoms with E-state index < -0.39 is 0 Å². The third-order valence-electron chi connectivity index (χ3n) is 3.14. The molecule has 0 aliphatic heterocycles. The number of rotatable bonds is 6. The van der Waals surface area contributed by atoms with E-state index in [0.717, 1.165) is 5.56 Å². The fourth-order valence-corrected chi connectivity index (χ4v) is 2.15. The van der Waals surface area contributed by atoms with Crippen molar-refractivity contribution in [2.24, 2.45) is 0 Å². The summed E-state index contributed by atoms with van der Waals surface area (Å²) >= 11 is 5.92. The first-order chi connectivity index (χ1) is 11.1. The molecule has 122 valence electrons. The average Bonchev–Trinajstić information content (AvgIpc) is 3.06. The van der Waals surface area contributed by atoms with Crippen LogP contribution >= 0.6 is 11.6 Å². The van der Waals surface area contributed by atoms with E-state index in [-0.39, 0.29) is 23.7 Å². The zero-order chi connectivity index (χ0) is 16.7. The van der Waals surface area contributed by atoms with Gasteiger partial charge in [-0.25, -0.2) is 4.79 Å². The van der Waals surface area contributed by atoms with Crippen molar-refractivity contribution in [2.75, 3.05) is 13.1 Å². The molecular formula is C16H18ClN3O3. The Bertz CT molecular complexity index is 658. The smallest absolute Gasteiger partial charge is 0.315 e. The Morgan fingerprint density at radius 1 is 1.17 bits per heavy atom. The largest absolute Gasteiger partial charge is 0.459 e. The first kappa shape index (κ1) is 16.9. The van der Waals surface area contributed by atoms with Crippen LogP contribution in [0.1, 0.15) is 29.1 Å². The molecule has 0 radical (unpaired) electrons. The molecule has 1 heterocycles. The molecule has 1 aromatic carbocycles. The first-order valence-electron chi connectivity index (χ1n) is 7.18. The number of hydrogen-bond donors (Lipinski definition) is 3. The van der Waals surface area contributed by atoms with Gasteiger partial charge >= 0.3 is 6.03 Å². The molecule has 0 aliphatic rings. The van der Waals surface area contributed by atoms with Gasteiger partial charge in [-0.2, -0.15) is 0 Å². The van der Waals surface area contributed by atoms with E-state index in [1.165, 1.54) is 6.26 Å². The van der Waals surface area contributed by atoms with Gasteiger partial charge in [0.2, 0.25) is 0 Å². The highest BCUT2D eigenvalue weighted by atomic mass is 35.5. The van der Waals surface area contributed by atoms with Gasteiger partial charge in [-0.05, 0) is 36.8 Å². The van der Waals surface area contributed by atoms with Crippen LogP contribution in [0.15, 0.2) is 47.1 Å². The van der Waals surface area contributed by atoms with E-state index in [4.69, 9.17) is 16.0 Å². The molecule has 0 spiro atoms. The second-order valence-electron chi connectivity index (χ2n) is 4.91. The maximum Gasteiger partial charge on any atom is 0.315 e. The predicted octanol–water partition coefficient (Wildman–Crippen LogP) is 2.72. The van der Waals surface area contributed by atoms with Crippen molar-refractivity contribution in [1.29, 1.82) is 0 Å². The van der Waals surface area contributed by atoms with E-state index in [1.807, 2.05) is 19.1 Å². The first-order valence-corrected chi connectivity index (χ1v) is 7.55. The summed E-state index contributed by atoms with van der Waals surface area (Å²) in [5, 5.41) is 8.73. The number of halogens is 1. The fourth-order valence-electron chi connectivity index (χ4n) is 1.95. The third kappa shape index (κ3) is 5.34. The number of urea groups is 1. The van der Waals surface area contributed by atoms with Crippen LogP contribution in [-0.4, -0.2) is 25.0 Å². The van der Waals surface area contributed by atoms with Gasteiger partial charge < -0.3 is 20.4 Å². The Morgan fingerprint density at radius 3 is 2.65 bits per heavy atom. The Kier molecular flexibility index (Phi) is 6.05. The van der Waals surface area contributed by atoms with Crippen LogP contribution < -0.4 is 16.0 Å². The van der Waals surface area contributed by atoms with E-state index >= 15 is 0 Å². The maximum atomic E-state index is 11.8. The predicted molar refractivity (Wildman–Crippen MR) is 87.4 cm³/mol. The second kappa shape index (κ2) is 8.24. The molecule has 2 rings (SSSR count). The van der Waals surface area contributed by atoms with Crippen LogP contribution in [0, 0.1) is 0 Å². The molecule has 23 heavy (non-hydrogen) atoms. The lowest BCUT2D eigenvalue weighted by atomic mass is 10.1. The number of amides is 3. The number of benzene rings is 1. The Hall–Kier alpha value is -2.47. The van der Waals surface area contributed by atoms with Crippen LogP contribution in [0.3, 0.4) is 0 Å². The molecule has 1 aromatic heterocycles. The molecule has 0 aliphatic carbocycles. The van der Waals surface area contributed by atoms with Crippen LogP contribution in [0.5, 0.6) is 0 Å². The highest BCUT2D eigenvalue weighted by Crippen LogP contribution is 2.16. The van der Waals surface area contributed by atoms with Gasteiger partial charge in [-0.15, -0.1) is 0 Å². The monoisotopic (exact) mass is 335 g/mol. The highest BCUT2D eigenvalue weighted by molar-refractivity contribution is 6.30. The minimum Gasteiger partial charge on any atom is -0.459 e. The average molecular weight is 336 g/mol. The minimum atomic E-state index is -0.315. The number of nitrogens with one attached hydrogen (secondary N) is 3. The van der Waals surface area contributed by atoms with Crippen molar-refractivity contribution < 1.29 is 14.0 Å². The highest BCUT2D eigenvalue weighted by Gasteiger charge is 2.10. The molecule has 1 unspecified atom stereocenters. The zero-order valence-electron chi connectivity index (χ0n) is 12.6. The van der Waals surface area contributed by atoms with Crippen molar-refractivity contribution in [3.05, 3.63) is 59.0 Å². The standard InChI is InChI=1S/C16H18ClN3O3/c1-11(12-4-2-5-13(17)10-12)20-16(22)19-8-7-18-15(21)14-6-3-9-23-14/h2-6,9-11H,7-8H2,1H3,(H,18,21)(H2,19,20,22). The second-order valence-corrected chi connectivity index (χ2v) is 5.35. The Balaban J connectivity index is 1.68.